The minimum Gasteiger partial charge on any atom is -0.463 e. The maximum Gasteiger partial charge on any atom is 0.295 e. The average molecular weight is 244 g/mol. The van der Waals surface area contributed by atoms with Gasteiger partial charge in [0, 0.05) is 30.3 Å². The number of amidine groups is 1. The van der Waals surface area contributed by atoms with E-state index in [-0.39, 0.29) is 0 Å². The quantitative estimate of drug-likeness (QED) is 0.551. The predicted molar refractivity (Wildman–Crippen MR) is 43.0 cm³/mol. The molecule has 1 rings (SSSR count). The molecule has 1 N–H and O–H groups in total. The van der Waals surface area contributed by atoms with E-state index < -0.39 is 0 Å². The van der Waals surface area contributed by atoms with Crippen molar-refractivity contribution < 1.29 is 4.74 Å². The number of rotatable bonds is 1. The first kappa shape index (κ1) is 6.47. The Kier molecular flexibility index (Phi) is 2.74. The molecule has 0 saturated carbocycles. The fourth-order valence-corrected chi connectivity index (χ4v) is 1.18. The van der Waals surface area contributed by atoms with Crippen molar-refractivity contribution in [2.45, 2.75) is 0 Å². The lowest BCUT2D eigenvalue weighted by Crippen LogP contribution is -2.13. The maximum absolute atomic E-state index is 5.01. The second kappa shape index (κ2) is 3.39. The van der Waals surface area contributed by atoms with Crippen LogP contribution < -0.4 is 4.72 Å². The summed E-state index contributed by atoms with van der Waals surface area (Å²) >= 11 is 2.12. The zero-order valence-corrected chi connectivity index (χ0v) is 7.03. The largest absolute Gasteiger partial charge is 0.463 e. The zero-order chi connectivity index (χ0) is 5.82. The summed E-state index contributed by atoms with van der Waals surface area (Å²) in [7, 11) is 1.46. The highest BCUT2D eigenvalue weighted by Crippen LogP contribution is 2.05. The fourth-order valence-electron chi connectivity index (χ4n) is 0.430. The lowest BCUT2D eigenvalue weighted by molar-refractivity contribution is 0.339. The topological polar surface area (TPSA) is 33.6 Å². The first-order valence-corrected chi connectivity index (χ1v) is 5.50. The van der Waals surface area contributed by atoms with Crippen LogP contribution in [-0.2, 0) is 4.74 Å². The van der Waals surface area contributed by atoms with Crippen LogP contribution in [0.4, 0.5) is 0 Å². The number of hydrogen-bond acceptors (Lipinski definition) is 4. The highest BCUT2D eigenvalue weighted by molar-refractivity contribution is 14.2. The van der Waals surface area contributed by atoms with Crippen LogP contribution in [0.1, 0.15) is 0 Å². The van der Waals surface area contributed by atoms with Gasteiger partial charge < -0.3 is 4.74 Å². The standard InChI is InChI=1S/C3H5IN2OS/c4-8-6-3-5-1-2-7-3/h1-2H2,(H,5,6). The Labute approximate surface area is 64.0 Å². The summed E-state index contributed by atoms with van der Waals surface area (Å²) in [5, 5.41) is 0. The van der Waals surface area contributed by atoms with E-state index in [2.05, 4.69) is 30.9 Å². The van der Waals surface area contributed by atoms with E-state index in [1.54, 1.807) is 0 Å². The molecule has 46 valence electrons. The minimum absolute atomic E-state index is 0.657. The van der Waals surface area contributed by atoms with Crippen LogP contribution in [0.25, 0.3) is 0 Å². The smallest absolute Gasteiger partial charge is 0.295 e. The Balaban J connectivity index is 2.23. The first-order chi connectivity index (χ1) is 3.93. The lowest BCUT2D eigenvalue weighted by Gasteiger charge is -1.96. The van der Waals surface area contributed by atoms with E-state index in [1.165, 1.54) is 9.12 Å². The molecule has 0 aromatic heterocycles. The average Bonchev–Trinajstić information content (AvgIpc) is 2.19. The molecule has 1 aliphatic rings. The molecule has 5 heteroatoms. The Morgan fingerprint density at radius 1 is 1.88 bits per heavy atom. The summed E-state index contributed by atoms with van der Waals surface area (Å²) in [5.41, 5.74) is 0. The number of halogens is 1. The summed E-state index contributed by atoms with van der Waals surface area (Å²) in [5.74, 6) is 0. The second-order valence-electron chi connectivity index (χ2n) is 1.21. The lowest BCUT2D eigenvalue weighted by atomic mass is 10.8. The van der Waals surface area contributed by atoms with Crippen molar-refractivity contribution in [1.29, 1.82) is 0 Å². The molecular formula is C3H5IN2OS. The van der Waals surface area contributed by atoms with Crippen LogP contribution in [0.2, 0.25) is 0 Å². The first-order valence-electron chi connectivity index (χ1n) is 2.14. The van der Waals surface area contributed by atoms with Crippen molar-refractivity contribution >= 4 is 36.3 Å². The third-order valence-electron chi connectivity index (χ3n) is 0.711. The molecule has 0 aromatic carbocycles. The van der Waals surface area contributed by atoms with Gasteiger partial charge in [-0.1, -0.05) is 0 Å². The van der Waals surface area contributed by atoms with Gasteiger partial charge >= 0.3 is 0 Å². The number of nitrogens with one attached hydrogen (secondary N) is 1. The predicted octanol–water partition coefficient (Wildman–Crippen LogP) is 0.960. The van der Waals surface area contributed by atoms with Crippen molar-refractivity contribution in [3.05, 3.63) is 0 Å². The molecule has 0 amide bonds. The Morgan fingerprint density at radius 3 is 3.25 bits per heavy atom. The van der Waals surface area contributed by atoms with E-state index in [0.29, 0.717) is 6.02 Å². The van der Waals surface area contributed by atoms with Gasteiger partial charge in [-0.05, 0) is 0 Å². The van der Waals surface area contributed by atoms with E-state index in [0.717, 1.165) is 13.2 Å². The zero-order valence-electron chi connectivity index (χ0n) is 4.06. The fraction of sp³-hybridized carbons (Fsp3) is 0.667. The summed E-state index contributed by atoms with van der Waals surface area (Å²) in [4.78, 5) is 3.98. The van der Waals surface area contributed by atoms with Crippen LogP contribution in [-0.4, -0.2) is 19.2 Å². The van der Waals surface area contributed by atoms with Crippen LogP contribution in [0.5, 0.6) is 0 Å². The molecular weight excluding hydrogens is 239 g/mol. The molecule has 1 aliphatic heterocycles. The normalized spacial score (nSPS) is 17.4. The van der Waals surface area contributed by atoms with Crippen LogP contribution in [0.15, 0.2) is 4.99 Å². The molecule has 0 unspecified atom stereocenters. The molecule has 0 aromatic rings. The summed E-state index contributed by atoms with van der Waals surface area (Å²) in [6.07, 6.45) is 0. The van der Waals surface area contributed by atoms with Gasteiger partial charge in [-0.25, -0.2) is 4.99 Å². The van der Waals surface area contributed by atoms with E-state index in [4.69, 9.17) is 4.74 Å². The Bertz CT molecular complexity index is 107. The van der Waals surface area contributed by atoms with Gasteiger partial charge in [0.05, 0.1) is 6.54 Å². The third-order valence-corrected chi connectivity index (χ3v) is 1.62. The van der Waals surface area contributed by atoms with Crippen molar-refractivity contribution in [3.63, 3.8) is 0 Å². The molecule has 0 saturated heterocycles. The molecule has 8 heavy (non-hydrogen) atoms. The molecule has 0 aliphatic carbocycles. The van der Waals surface area contributed by atoms with Crippen molar-refractivity contribution in [1.82, 2.24) is 4.72 Å². The molecule has 0 radical (unpaired) electrons. The Morgan fingerprint density at radius 2 is 2.75 bits per heavy atom. The number of nitrogens with zero attached hydrogens (tertiary/aromatic N) is 1. The molecule has 1 heterocycles. The summed E-state index contributed by atoms with van der Waals surface area (Å²) in [6.45, 7) is 1.51. The van der Waals surface area contributed by atoms with Gasteiger partial charge in [0.1, 0.15) is 6.61 Å². The van der Waals surface area contributed by atoms with Crippen LogP contribution >= 0.6 is 30.3 Å². The van der Waals surface area contributed by atoms with Gasteiger partial charge in [-0.15, -0.1) is 0 Å². The highest BCUT2D eigenvalue weighted by atomic mass is 127. The number of ether oxygens (including phenoxy) is 1. The Hall–Kier alpha value is 0.350. The number of hydrogen-bond donors (Lipinski definition) is 1. The summed E-state index contributed by atoms with van der Waals surface area (Å²) in [6, 6.07) is 0.657. The molecule has 3 nitrogen and oxygen atoms in total. The maximum atomic E-state index is 5.01. The number of aliphatic imine (C=N–C) groups is 1. The van der Waals surface area contributed by atoms with Crippen LogP contribution in [0.3, 0.4) is 0 Å². The van der Waals surface area contributed by atoms with E-state index >= 15 is 0 Å². The third kappa shape index (κ3) is 1.70. The minimum atomic E-state index is 0.657. The van der Waals surface area contributed by atoms with Gasteiger partial charge in [-0.2, -0.15) is 0 Å². The van der Waals surface area contributed by atoms with Crippen molar-refractivity contribution in [2.24, 2.45) is 4.99 Å². The summed E-state index contributed by atoms with van der Waals surface area (Å²) < 4.78 is 7.88. The molecule has 0 fully saturated rings. The van der Waals surface area contributed by atoms with Gasteiger partial charge in [-0.3, -0.25) is 4.72 Å². The van der Waals surface area contributed by atoms with Gasteiger partial charge in [0.2, 0.25) is 0 Å². The SMILES string of the molecule is ISNC1=NCCO1. The highest BCUT2D eigenvalue weighted by Gasteiger charge is 2.03. The monoisotopic (exact) mass is 244 g/mol. The van der Waals surface area contributed by atoms with Gasteiger partial charge in [0.15, 0.2) is 0 Å². The molecule has 0 spiro atoms. The molecule has 0 atom stereocenters. The van der Waals surface area contributed by atoms with Crippen molar-refractivity contribution in [2.75, 3.05) is 13.2 Å². The second-order valence-corrected chi connectivity index (χ2v) is 2.89. The van der Waals surface area contributed by atoms with Gasteiger partial charge in [0.25, 0.3) is 6.02 Å². The molecule has 0 bridgehead atoms. The van der Waals surface area contributed by atoms with Crippen molar-refractivity contribution in [3.8, 4) is 0 Å². The van der Waals surface area contributed by atoms with Crippen LogP contribution in [0, 0.1) is 0 Å². The van der Waals surface area contributed by atoms with E-state index in [1.807, 2.05) is 0 Å². The van der Waals surface area contributed by atoms with E-state index in [9.17, 15) is 0 Å².